The number of amides is 1. The zero-order chi connectivity index (χ0) is 22.5. The molecule has 0 saturated heterocycles. The number of unbranched alkanes of at least 4 members (excludes halogenated alkanes) is 2. The van der Waals surface area contributed by atoms with E-state index in [1.165, 1.54) is 12.1 Å². The first-order valence-corrected chi connectivity index (χ1v) is 11.9. The van der Waals surface area contributed by atoms with Crippen LogP contribution < -0.4 is 5.56 Å². The van der Waals surface area contributed by atoms with Gasteiger partial charge in [0.15, 0.2) is 5.82 Å². The van der Waals surface area contributed by atoms with Crippen molar-refractivity contribution in [1.29, 1.82) is 0 Å². The van der Waals surface area contributed by atoms with E-state index in [9.17, 15) is 18.0 Å². The van der Waals surface area contributed by atoms with Crippen LogP contribution in [-0.4, -0.2) is 37.8 Å². The first kappa shape index (κ1) is 20.4. The molecule has 0 bridgehead atoms. The number of sulfonamides is 1. The van der Waals surface area contributed by atoms with Gasteiger partial charge >= 0.3 is 0 Å². The standard InChI is InChI=1S/C22H21N5O4S/c1-2-3-8-13-25-20(28)15-9-4-6-11-17(15)27-19(23-24-22(25)27)14-26-21(29)16-10-5-7-12-18(16)32(26,30)31/h4-7,9-12H,2-3,8,13-14H2,1H3. The second-order valence-electron chi connectivity index (χ2n) is 7.75. The molecule has 0 aliphatic carbocycles. The summed E-state index contributed by atoms with van der Waals surface area (Å²) >= 11 is 0. The van der Waals surface area contributed by atoms with Gasteiger partial charge in [-0.2, -0.15) is 0 Å². The van der Waals surface area contributed by atoms with E-state index >= 15 is 0 Å². The van der Waals surface area contributed by atoms with E-state index in [2.05, 4.69) is 17.1 Å². The number of benzene rings is 2. The van der Waals surface area contributed by atoms with Crippen LogP contribution in [0.5, 0.6) is 0 Å². The van der Waals surface area contributed by atoms with Crippen LogP contribution in [0.4, 0.5) is 0 Å². The molecule has 5 rings (SSSR count). The summed E-state index contributed by atoms with van der Waals surface area (Å²) in [5.41, 5.74) is 0.545. The molecule has 0 saturated carbocycles. The number of fused-ring (bicyclic) bond motifs is 4. The molecule has 0 N–H and O–H groups in total. The Bertz CT molecular complexity index is 1540. The van der Waals surface area contributed by atoms with Gasteiger partial charge in [0.25, 0.3) is 21.5 Å². The molecular formula is C22H21N5O4S. The van der Waals surface area contributed by atoms with Crippen molar-refractivity contribution < 1.29 is 13.2 Å². The van der Waals surface area contributed by atoms with Gasteiger partial charge in [-0.1, -0.05) is 44.0 Å². The molecule has 10 heteroatoms. The molecule has 2 aromatic carbocycles. The average Bonchev–Trinajstić information content (AvgIpc) is 3.30. The lowest BCUT2D eigenvalue weighted by Crippen LogP contribution is -2.30. The van der Waals surface area contributed by atoms with Crippen molar-refractivity contribution in [2.45, 2.75) is 44.2 Å². The molecule has 2 aromatic heterocycles. The smallest absolute Gasteiger partial charge is 0.269 e. The second-order valence-corrected chi connectivity index (χ2v) is 9.58. The van der Waals surface area contributed by atoms with Crippen LogP contribution in [0.1, 0.15) is 42.4 Å². The minimum Gasteiger partial charge on any atom is -0.276 e. The average molecular weight is 452 g/mol. The van der Waals surface area contributed by atoms with Crippen LogP contribution in [0.25, 0.3) is 16.7 Å². The van der Waals surface area contributed by atoms with Crippen molar-refractivity contribution in [3.8, 4) is 0 Å². The highest BCUT2D eigenvalue weighted by atomic mass is 32.2. The minimum atomic E-state index is -4.00. The summed E-state index contributed by atoms with van der Waals surface area (Å²) in [6.07, 6.45) is 2.78. The van der Waals surface area contributed by atoms with Gasteiger partial charge in [-0.25, -0.2) is 12.7 Å². The number of hydrogen-bond acceptors (Lipinski definition) is 6. The molecule has 0 unspecified atom stereocenters. The zero-order valence-corrected chi connectivity index (χ0v) is 18.2. The van der Waals surface area contributed by atoms with Crippen LogP contribution in [0.2, 0.25) is 0 Å². The lowest BCUT2D eigenvalue weighted by molar-refractivity contribution is 0.0862. The van der Waals surface area contributed by atoms with E-state index in [-0.39, 0.29) is 28.4 Å². The van der Waals surface area contributed by atoms with Gasteiger partial charge in [-0.05, 0) is 30.7 Å². The fourth-order valence-corrected chi connectivity index (χ4v) is 5.68. The molecule has 1 aliphatic rings. The maximum absolute atomic E-state index is 13.1. The van der Waals surface area contributed by atoms with Gasteiger partial charge in [-0.3, -0.25) is 18.6 Å². The summed E-state index contributed by atoms with van der Waals surface area (Å²) < 4.78 is 30.1. The van der Waals surface area contributed by atoms with Crippen molar-refractivity contribution >= 4 is 32.6 Å². The highest BCUT2D eigenvalue weighted by Crippen LogP contribution is 2.31. The molecule has 4 aromatic rings. The van der Waals surface area contributed by atoms with Crippen LogP contribution in [-0.2, 0) is 23.1 Å². The lowest BCUT2D eigenvalue weighted by Gasteiger charge is -2.15. The normalized spacial score (nSPS) is 15.0. The van der Waals surface area contributed by atoms with Gasteiger partial charge in [0, 0.05) is 6.54 Å². The predicted octanol–water partition coefficient (Wildman–Crippen LogP) is 2.58. The lowest BCUT2D eigenvalue weighted by atomic mass is 10.2. The van der Waals surface area contributed by atoms with E-state index < -0.39 is 15.9 Å². The van der Waals surface area contributed by atoms with Gasteiger partial charge in [0.1, 0.15) is 4.90 Å². The van der Waals surface area contributed by atoms with Crippen molar-refractivity contribution in [3.05, 3.63) is 70.3 Å². The summed E-state index contributed by atoms with van der Waals surface area (Å²) in [4.78, 5) is 26.0. The maximum atomic E-state index is 13.1. The zero-order valence-electron chi connectivity index (χ0n) is 17.4. The number of aryl methyl sites for hydroxylation is 1. The Balaban J connectivity index is 1.67. The molecule has 32 heavy (non-hydrogen) atoms. The Morgan fingerprint density at radius 2 is 1.69 bits per heavy atom. The molecule has 3 heterocycles. The van der Waals surface area contributed by atoms with E-state index in [0.29, 0.717) is 23.2 Å². The van der Waals surface area contributed by atoms with E-state index in [0.717, 1.165) is 23.6 Å². The number of carbonyl (C=O) groups is 1. The Kier molecular flexibility index (Phi) is 4.81. The van der Waals surface area contributed by atoms with Crippen molar-refractivity contribution in [2.75, 3.05) is 0 Å². The molecule has 0 radical (unpaired) electrons. The topological polar surface area (TPSA) is 107 Å². The van der Waals surface area contributed by atoms with Crippen molar-refractivity contribution in [2.24, 2.45) is 0 Å². The summed E-state index contributed by atoms with van der Waals surface area (Å²) in [5, 5.41) is 8.89. The number of para-hydroxylation sites is 1. The van der Waals surface area contributed by atoms with E-state index in [4.69, 9.17) is 0 Å². The van der Waals surface area contributed by atoms with E-state index in [1.54, 1.807) is 45.4 Å². The number of aromatic nitrogens is 4. The highest BCUT2D eigenvalue weighted by Gasteiger charge is 2.41. The second kappa shape index (κ2) is 7.56. The Morgan fingerprint density at radius 1 is 0.938 bits per heavy atom. The third kappa shape index (κ3) is 2.94. The van der Waals surface area contributed by atoms with Crippen molar-refractivity contribution in [3.63, 3.8) is 0 Å². The third-order valence-electron chi connectivity index (χ3n) is 5.76. The van der Waals surface area contributed by atoms with Crippen LogP contribution in [0.15, 0.2) is 58.2 Å². The Labute approximate surface area is 184 Å². The predicted molar refractivity (Wildman–Crippen MR) is 118 cm³/mol. The molecule has 1 amide bonds. The van der Waals surface area contributed by atoms with Gasteiger partial charge in [0.2, 0.25) is 5.78 Å². The fraction of sp³-hybridized carbons (Fsp3) is 0.273. The van der Waals surface area contributed by atoms with E-state index in [1.807, 2.05) is 0 Å². The summed E-state index contributed by atoms with van der Waals surface area (Å²) in [5.74, 6) is 0.00413. The van der Waals surface area contributed by atoms with Gasteiger partial charge in [-0.15, -0.1) is 10.2 Å². The molecule has 0 atom stereocenters. The first-order chi connectivity index (χ1) is 15.4. The van der Waals surface area contributed by atoms with Crippen LogP contribution in [0, 0.1) is 0 Å². The Hall–Kier alpha value is -3.53. The fourth-order valence-electron chi connectivity index (χ4n) is 4.15. The molecule has 0 fully saturated rings. The molecule has 1 aliphatic heterocycles. The highest BCUT2D eigenvalue weighted by molar-refractivity contribution is 7.90. The summed E-state index contributed by atoms with van der Waals surface area (Å²) in [6, 6.07) is 13.2. The largest absolute Gasteiger partial charge is 0.276 e. The van der Waals surface area contributed by atoms with Gasteiger partial charge < -0.3 is 0 Å². The summed E-state index contributed by atoms with van der Waals surface area (Å²) in [7, 11) is -4.00. The SMILES string of the molecule is CCCCCn1c(=O)c2ccccc2n2c(CN3C(=O)c4ccccc4S3(=O)=O)nnc12. The molecule has 0 spiro atoms. The van der Waals surface area contributed by atoms with Crippen LogP contribution >= 0.6 is 0 Å². The number of rotatable bonds is 6. The first-order valence-electron chi connectivity index (χ1n) is 10.5. The maximum Gasteiger partial charge on any atom is 0.269 e. The molecular weight excluding hydrogens is 430 g/mol. The monoisotopic (exact) mass is 451 g/mol. The minimum absolute atomic E-state index is 0.0137. The molecule has 9 nitrogen and oxygen atoms in total. The molecule has 164 valence electrons. The van der Waals surface area contributed by atoms with Gasteiger partial charge in [0.05, 0.1) is 23.0 Å². The number of carbonyl (C=O) groups excluding carboxylic acids is 1. The number of hydrogen-bond donors (Lipinski definition) is 0. The number of nitrogens with zero attached hydrogens (tertiary/aromatic N) is 5. The summed E-state index contributed by atoms with van der Waals surface area (Å²) in [6.45, 7) is 2.28. The third-order valence-corrected chi connectivity index (χ3v) is 7.54. The van der Waals surface area contributed by atoms with Crippen molar-refractivity contribution in [1.82, 2.24) is 23.5 Å². The van der Waals surface area contributed by atoms with Crippen LogP contribution in [0.3, 0.4) is 0 Å². The Morgan fingerprint density at radius 3 is 2.47 bits per heavy atom. The quantitative estimate of drug-likeness (QED) is 0.417.